The van der Waals surface area contributed by atoms with Crippen molar-refractivity contribution in [2.45, 2.75) is 25.2 Å². The third kappa shape index (κ3) is 3.19. The molecule has 5 rings (SSSR count). The lowest BCUT2D eigenvalue weighted by Crippen LogP contribution is -2.37. The highest BCUT2D eigenvalue weighted by molar-refractivity contribution is 5.71. The van der Waals surface area contributed by atoms with Gasteiger partial charge in [-0.3, -0.25) is 14.8 Å². The minimum Gasteiger partial charge on any atom is -0.486 e. The molecule has 1 amide bonds. The molecular formula is C20H21N3O4. The van der Waals surface area contributed by atoms with Gasteiger partial charge in [-0.25, -0.2) is 4.79 Å². The van der Waals surface area contributed by atoms with Crippen LogP contribution in [0.4, 0.5) is 4.79 Å². The van der Waals surface area contributed by atoms with Crippen molar-refractivity contribution >= 4 is 6.09 Å². The zero-order chi connectivity index (χ0) is 18.2. The fourth-order valence-electron chi connectivity index (χ4n) is 4.00. The second kappa shape index (κ2) is 6.74. The van der Waals surface area contributed by atoms with Gasteiger partial charge in [0.1, 0.15) is 19.3 Å². The molecule has 7 heteroatoms. The molecule has 0 saturated carbocycles. The predicted octanol–water partition coefficient (Wildman–Crippen LogP) is 2.06. The molecule has 1 aromatic heterocycles. The van der Waals surface area contributed by atoms with Crippen LogP contribution >= 0.6 is 0 Å². The number of amides is 1. The zero-order valence-electron chi connectivity index (χ0n) is 14.9. The molecule has 2 atom stereocenters. The highest BCUT2D eigenvalue weighted by atomic mass is 16.6. The van der Waals surface area contributed by atoms with E-state index in [4.69, 9.17) is 14.2 Å². The van der Waals surface area contributed by atoms with Crippen LogP contribution in [0.5, 0.6) is 11.5 Å². The summed E-state index contributed by atoms with van der Waals surface area (Å²) in [7, 11) is 0. The van der Waals surface area contributed by atoms with E-state index in [0.29, 0.717) is 19.8 Å². The van der Waals surface area contributed by atoms with Crippen LogP contribution in [0.3, 0.4) is 0 Å². The average molecular weight is 367 g/mol. The topological polar surface area (TPSA) is 64.1 Å². The van der Waals surface area contributed by atoms with Crippen LogP contribution in [-0.2, 0) is 17.8 Å². The highest BCUT2D eigenvalue weighted by Crippen LogP contribution is 2.33. The second-order valence-corrected chi connectivity index (χ2v) is 7.11. The van der Waals surface area contributed by atoms with E-state index in [2.05, 4.69) is 16.0 Å². The molecule has 1 aromatic carbocycles. The maximum absolute atomic E-state index is 12.2. The molecule has 0 N–H and O–H groups in total. The number of fused-ring (bicyclic) bond motifs is 2. The van der Waals surface area contributed by atoms with Crippen molar-refractivity contribution in [1.29, 1.82) is 0 Å². The Kier molecular flexibility index (Phi) is 4.09. The Balaban J connectivity index is 1.26. The van der Waals surface area contributed by atoms with Crippen LogP contribution in [-0.4, -0.2) is 59.3 Å². The molecule has 2 saturated heterocycles. The number of aromatic nitrogens is 1. The van der Waals surface area contributed by atoms with E-state index in [0.717, 1.165) is 36.8 Å². The van der Waals surface area contributed by atoms with Crippen molar-refractivity contribution in [2.75, 3.05) is 26.3 Å². The molecule has 2 fully saturated rings. The summed E-state index contributed by atoms with van der Waals surface area (Å²) in [6.07, 6.45) is 1.42. The number of nitrogens with zero attached hydrogens (tertiary/aromatic N) is 3. The van der Waals surface area contributed by atoms with Crippen LogP contribution < -0.4 is 9.47 Å². The Morgan fingerprint density at radius 3 is 2.78 bits per heavy atom. The van der Waals surface area contributed by atoms with Gasteiger partial charge in [0, 0.05) is 25.8 Å². The van der Waals surface area contributed by atoms with Crippen molar-refractivity contribution in [3.8, 4) is 11.5 Å². The number of pyridine rings is 1. The Morgan fingerprint density at radius 1 is 1.04 bits per heavy atom. The number of hydrogen-bond acceptors (Lipinski definition) is 6. The van der Waals surface area contributed by atoms with Crippen molar-refractivity contribution < 1.29 is 19.0 Å². The number of hydrogen-bond donors (Lipinski definition) is 0. The summed E-state index contributed by atoms with van der Waals surface area (Å²) in [6.45, 7) is 3.99. The van der Waals surface area contributed by atoms with Gasteiger partial charge in [0.25, 0.3) is 0 Å². The Labute approximate surface area is 157 Å². The van der Waals surface area contributed by atoms with Gasteiger partial charge in [-0.15, -0.1) is 0 Å². The first-order valence-electron chi connectivity index (χ1n) is 9.24. The van der Waals surface area contributed by atoms with Gasteiger partial charge >= 0.3 is 6.09 Å². The number of carbonyl (C=O) groups is 1. The molecule has 27 heavy (non-hydrogen) atoms. The molecule has 2 aromatic rings. The second-order valence-electron chi connectivity index (χ2n) is 7.11. The molecule has 3 aliphatic heterocycles. The SMILES string of the molecule is O=C1O[C@H]2CN(Cc3ccc4c(c3)OCCO4)C[C@H]2N1Cc1ccccn1. The largest absolute Gasteiger partial charge is 0.486 e. The maximum atomic E-state index is 12.2. The highest BCUT2D eigenvalue weighted by Gasteiger charge is 2.47. The summed E-state index contributed by atoms with van der Waals surface area (Å²) in [5, 5.41) is 0. The molecule has 0 bridgehead atoms. The van der Waals surface area contributed by atoms with Crippen LogP contribution in [0.25, 0.3) is 0 Å². The number of benzene rings is 1. The molecule has 7 nitrogen and oxygen atoms in total. The van der Waals surface area contributed by atoms with Gasteiger partial charge in [-0.05, 0) is 29.8 Å². The Hall–Kier alpha value is -2.80. The normalized spacial score (nSPS) is 24.0. The fraction of sp³-hybridized carbons (Fsp3) is 0.400. The van der Waals surface area contributed by atoms with Gasteiger partial charge in [0.2, 0.25) is 0 Å². The van der Waals surface area contributed by atoms with Gasteiger partial charge < -0.3 is 14.2 Å². The standard InChI is InChI=1S/C20H21N3O4/c24-20-23(11-15-3-1-2-6-21-15)16-12-22(13-19(16)27-20)10-14-4-5-17-18(9-14)26-8-7-25-17/h1-6,9,16,19H,7-8,10-13H2/t16-,19+/m1/s1. The average Bonchev–Trinajstić information content (AvgIpc) is 3.20. The predicted molar refractivity (Wildman–Crippen MR) is 96.5 cm³/mol. The van der Waals surface area contributed by atoms with E-state index < -0.39 is 0 Å². The summed E-state index contributed by atoms with van der Waals surface area (Å²) < 4.78 is 16.9. The number of rotatable bonds is 4. The number of ether oxygens (including phenoxy) is 3. The zero-order valence-corrected chi connectivity index (χ0v) is 14.9. The van der Waals surface area contributed by atoms with Gasteiger partial charge in [0.15, 0.2) is 11.5 Å². The monoisotopic (exact) mass is 367 g/mol. The van der Waals surface area contributed by atoms with E-state index in [1.165, 1.54) is 5.56 Å². The fourth-order valence-corrected chi connectivity index (χ4v) is 4.00. The number of likely N-dealkylation sites (tertiary alicyclic amines) is 1. The van der Waals surface area contributed by atoms with E-state index in [1.807, 2.05) is 30.3 Å². The molecule has 0 unspecified atom stereocenters. The first kappa shape index (κ1) is 16.4. The molecule has 0 radical (unpaired) electrons. The molecule has 0 spiro atoms. The third-order valence-corrected chi connectivity index (χ3v) is 5.27. The quantitative estimate of drug-likeness (QED) is 0.824. The number of carbonyl (C=O) groups excluding carboxylic acids is 1. The summed E-state index contributed by atoms with van der Waals surface area (Å²) >= 11 is 0. The first-order valence-corrected chi connectivity index (χ1v) is 9.24. The van der Waals surface area contributed by atoms with Gasteiger partial charge in [-0.1, -0.05) is 12.1 Å². The van der Waals surface area contributed by atoms with E-state index in [-0.39, 0.29) is 18.2 Å². The Bertz CT molecular complexity index is 844. The molecular weight excluding hydrogens is 346 g/mol. The molecule has 140 valence electrons. The lowest BCUT2D eigenvalue weighted by molar-refractivity contribution is 0.119. The summed E-state index contributed by atoms with van der Waals surface area (Å²) in [5.74, 6) is 1.61. The van der Waals surface area contributed by atoms with Crippen LogP contribution in [0.2, 0.25) is 0 Å². The van der Waals surface area contributed by atoms with Crippen molar-refractivity contribution in [3.05, 3.63) is 53.9 Å². The third-order valence-electron chi connectivity index (χ3n) is 5.27. The first-order chi connectivity index (χ1) is 13.3. The van der Waals surface area contributed by atoms with E-state index >= 15 is 0 Å². The molecule has 4 heterocycles. The molecule has 3 aliphatic rings. The van der Waals surface area contributed by atoms with E-state index in [9.17, 15) is 4.79 Å². The summed E-state index contributed by atoms with van der Waals surface area (Å²) in [6, 6.07) is 11.9. The van der Waals surface area contributed by atoms with Crippen molar-refractivity contribution in [2.24, 2.45) is 0 Å². The lowest BCUT2D eigenvalue weighted by Gasteiger charge is -2.23. The van der Waals surface area contributed by atoms with Crippen molar-refractivity contribution in [1.82, 2.24) is 14.8 Å². The van der Waals surface area contributed by atoms with Crippen LogP contribution in [0.15, 0.2) is 42.6 Å². The Morgan fingerprint density at radius 2 is 1.93 bits per heavy atom. The minimum atomic E-state index is -0.241. The summed E-state index contributed by atoms with van der Waals surface area (Å²) in [5.41, 5.74) is 2.04. The van der Waals surface area contributed by atoms with Crippen molar-refractivity contribution in [3.63, 3.8) is 0 Å². The van der Waals surface area contributed by atoms with Crippen LogP contribution in [0.1, 0.15) is 11.3 Å². The maximum Gasteiger partial charge on any atom is 0.410 e. The smallest absolute Gasteiger partial charge is 0.410 e. The summed E-state index contributed by atoms with van der Waals surface area (Å²) in [4.78, 5) is 20.7. The van der Waals surface area contributed by atoms with Gasteiger partial charge in [0.05, 0.1) is 18.3 Å². The van der Waals surface area contributed by atoms with E-state index in [1.54, 1.807) is 11.1 Å². The molecule has 0 aliphatic carbocycles. The van der Waals surface area contributed by atoms with Crippen LogP contribution in [0, 0.1) is 0 Å². The lowest BCUT2D eigenvalue weighted by atomic mass is 10.2. The van der Waals surface area contributed by atoms with Gasteiger partial charge in [-0.2, -0.15) is 0 Å². The minimum absolute atomic E-state index is 0.0664.